The quantitative estimate of drug-likeness (QED) is 0.571. The van der Waals surface area contributed by atoms with Crippen molar-refractivity contribution in [1.82, 2.24) is 9.97 Å². The second kappa shape index (κ2) is 6.31. The van der Waals surface area contributed by atoms with E-state index in [0.717, 1.165) is 5.56 Å². The smallest absolute Gasteiger partial charge is 0.224 e. The van der Waals surface area contributed by atoms with Crippen LogP contribution >= 0.6 is 0 Å². The van der Waals surface area contributed by atoms with Crippen LogP contribution in [0.2, 0.25) is 0 Å². The normalized spacial score (nSPS) is 10.7. The maximum atomic E-state index is 9.00. The fraction of sp³-hybridized carbons (Fsp3) is 0.286. The average molecular weight is 274 g/mol. The number of hydrogen-bond acceptors (Lipinski definition) is 6. The van der Waals surface area contributed by atoms with E-state index < -0.39 is 0 Å². The number of nitrogens with one attached hydrogen (secondary N) is 1. The molecule has 0 aliphatic rings. The molecule has 0 fully saturated rings. The second-order valence-electron chi connectivity index (χ2n) is 4.65. The zero-order valence-corrected chi connectivity index (χ0v) is 11.5. The van der Waals surface area contributed by atoms with Crippen LogP contribution in [0.5, 0.6) is 11.6 Å². The van der Waals surface area contributed by atoms with E-state index in [1.807, 2.05) is 13.8 Å². The molecule has 6 nitrogen and oxygen atoms in total. The van der Waals surface area contributed by atoms with Crippen LogP contribution < -0.4 is 16.0 Å². The third kappa shape index (κ3) is 3.43. The molecule has 20 heavy (non-hydrogen) atoms. The molecule has 0 aliphatic heterocycles. The lowest BCUT2D eigenvalue weighted by Crippen LogP contribution is -2.11. The van der Waals surface area contributed by atoms with Gasteiger partial charge >= 0.3 is 0 Å². The average Bonchev–Trinajstić information content (AvgIpc) is 2.47. The van der Waals surface area contributed by atoms with Crippen molar-refractivity contribution in [3.8, 4) is 11.6 Å². The first-order chi connectivity index (χ1) is 9.62. The van der Waals surface area contributed by atoms with E-state index in [1.165, 1.54) is 0 Å². The minimum absolute atomic E-state index is 0.00647. The van der Waals surface area contributed by atoms with Gasteiger partial charge in [0.25, 0.3) is 0 Å². The Labute approximate surface area is 117 Å². The monoisotopic (exact) mass is 274 g/mol. The Hall–Kier alpha value is -2.18. The molecular weight excluding hydrogens is 256 g/mol. The fourth-order valence-electron chi connectivity index (χ4n) is 1.61. The lowest BCUT2D eigenvalue weighted by Gasteiger charge is -2.10. The maximum absolute atomic E-state index is 9.00. The van der Waals surface area contributed by atoms with Gasteiger partial charge in [0.05, 0.1) is 6.61 Å². The number of hydrazine groups is 1. The topological polar surface area (TPSA) is 93.3 Å². The summed E-state index contributed by atoms with van der Waals surface area (Å²) in [4.78, 5) is 8.60. The van der Waals surface area contributed by atoms with E-state index in [2.05, 4.69) is 15.4 Å². The predicted octanol–water partition coefficient (Wildman–Crippen LogP) is 2.17. The van der Waals surface area contributed by atoms with Crippen molar-refractivity contribution in [3.63, 3.8) is 0 Å². The summed E-state index contributed by atoms with van der Waals surface area (Å²) in [5, 5.41) is 9.00. The van der Waals surface area contributed by atoms with Gasteiger partial charge in [0, 0.05) is 12.0 Å². The number of benzene rings is 1. The number of anilines is 1. The Morgan fingerprint density at radius 3 is 2.50 bits per heavy atom. The van der Waals surface area contributed by atoms with Crippen LogP contribution in [-0.2, 0) is 6.61 Å². The molecule has 1 aromatic heterocycles. The lowest BCUT2D eigenvalue weighted by atomic mass is 10.2. The molecule has 4 N–H and O–H groups in total. The number of nitrogens with zero attached hydrogens (tertiary/aromatic N) is 2. The predicted molar refractivity (Wildman–Crippen MR) is 76.4 cm³/mol. The first kappa shape index (κ1) is 14.2. The van der Waals surface area contributed by atoms with E-state index >= 15 is 0 Å². The first-order valence-corrected chi connectivity index (χ1v) is 6.35. The summed E-state index contributed by atoms with van der Waals surface area (Å²) in [7, 11) is 0. The molecule has 2 rings (SSSR count). The van der Waals surface area contributed by atoms with Gasteiger partial charge in [-0.25, -0.2) is 10.8 Å². The number of nitrogen functional groups attached to an aromatic ring is 1. The van der Waals surface area contributed by atoms with Gasteiger partial charge in [-0.15, -0.1) is 0 Å². The van der Waals surface area contributed by atoms with Crippen LogP contribution in [0.15, 0.2) is 30.3 Å². The SMILES string of the molecule is CC(C)c1nc(NN)cc(Oc2ccc(CO)cc2)n1. The van der Waals surface area contributed by atoms with Crippen molar-refractivity contribution < 1.29 is 9.84 Å². The molecule has 6 heteroatoms. The summed E-state index contributed by atoms with van der Waals surface area (Å²) >= 11 is 0. The molecule has 0 radical (unpaired) electrons. The summed E-state index contributed by atoms with van der Waals surface area (Å²) in [6, 6.07) is 8.77. The van der Waals surface area contributed by atoms with Gasteiger partial charge in [0.1, 0.15) is 17.4 Å². The Morgan fingerprint density at radius 1 is 1.25 bits per heavy atom. The van der Waals surface area contributed by atoms with Gasteiger partial charge in [-0.1, -0.05) is 26.0 Å². The van der Waals surface area contributed by atoms with E-state index in [4.69, 9.17) is 15.7 Å². The fourth-order valence-corrected chi connectivity index (χ4v) is 1.61. The molecule has 0 atom stereocenters. The molecule has 1 heterocycles. The number of hydrogen-bond donors (Lipinski definition) is 3. The van der Waals surface area contributed by atoms with Crippen molar-refractivity contribution in [2.75, 3.05) is 5.43 Å². The van der Waals surface area contributed by atoms with Crippen LogP contribution in [0.1, 0.15) is 31.2 Å². The number of rotatable bonds is 5. The van der Waals surface area contributed by atoms with Crippen molar-refractivity contribution in [2.24, 2.45) is 5.84 Å². The number of aliphatic hydroxyl groups is 1. The van der Waals surface area contributed by atoms with Gasteiger partial charge in [-0.3, -0.25) is 0 Å². The van der Waals surface area contributed by atoms with Crippen LogP contribution in [-0.4, -0.2) is 15.1 Å². The van der Waals surface area contributed by atoms with Crippen LogP contribution in [0.25, 0.3) is 0 Å². The summed E-state index contributed by atoms with van der Waals surface area (Å²) in [5.41, 5.74) is 3.33. The highest BCUT2D eigenvalue weighted by atomic mass is 16.5. The Balaban J connectivity index is 2.24. The van der Waals surface area contributed by atoms with Crippen molar-refractivity contribution in [1.29, 1.82) is 0 Å². The van der Waals surface area contributed by atoms with Gasteiger partial charge in [0.2, 0.25) is 5.88 Å². The largest absolute Gasteiger partial charge is 0.439 e. The molecule has 0 bridgehead atoms. The standard InChI is InChI=1S/C14H18N4O2/c1-9(2)14-16-12(18-15)7-13(17-14)20-11-5-3-10(8-19)4-6-11/h3-7,9,19H,8,15H2,1-2H3,(H,16,17,18). The molecule has 0 saturated carbocycles. The van der Waals surface area contributed by atoms with Crippen LogP contribution in [0.3, 0.4) is 0 Å². The molecule has 0 unspecified atom stereocenters. The molecule has 1 aromatic carbocycles. The first-order valence-electron chi connectivity index (χ1n) is 6.35. The highest BCUT2D eigenvalue weighted by Crippen LogP contribution is 2.23. The lowest BCUT2D eigenvalue weighted by molar-refractivity contribution is 0.281. The summed E-state index contributed by atoms with van der Waals surface area (Å²) < 4.78 is 5.68. The van der Waals surface area contributed by atoms with Crippen molar-refractivity contribution in [2.45, 2.75) is 26.4 Å². The van der Waals surface area contributed by atoms with Gasteiger partial charge < -0.3 is 15.3 Å². The van der Waals surface area contributed by atoms with E-state index in [1.54, 1.807) is 30.3 Å². The molecule has 2 aromatic rings. The maximum Gasteiger partial charge on any atom is 0.224 e. The summed E-state index contributed by atoms with van der Waals surface area (Å²) in [6.45, 7) is 4.00. The minimum atomic E-state index is 0.00647. The number of nitrogens with two attached hydrogens (primary N) is 1. The van der Waals surface area contributed by atoms with Gasteiger partial charge in [-0.05, 0) is 17.7 Å². The number of aromatic nitrogens is 2. The summed E-state index contributed by atoms with van der Waals surface area (Å²) in [5.74, 6) is 7.79. The highest BCUT2D eigenvalue weighted by Gasteiger charge is 2.09. The van der Waals surface area contributed by atoms with Crippen LogP contribution in [0.4, 0.5) is 5.82 Å². The molecular formula is C14H18N4O2. The zero-order chi connectivity index (χ0) is 14.5. The minimum Gasteiger partial charge on any atom is -0.439 e. The third-order valence-electron chi connectivity index (χ3n) is 2.71. The third-order valence-corrected chi connectivity index (χ3v) is 2.71. The highest BCUT2D eigenvalue weighted by molar-refractivity contribution is 5.39. The zero-order valence-electron chi connectivity index (χ0n) is 11.5. The van der Waals surface area contributed by atoms with Crippen LogP contribution in [0, 0.1) is 0 Å². The Bertz CT molecular complexity index is 570. The number of aliphatic hydroxyl groups excluding tert-OH is 1. The van der Waals surface area contributed by atoms with E-state index in [-0.39, 0.29) is 12.5 Å². The van der Waals surface area contributed by atoms with E-state index in [9.17, 15) is 0 Å². The summed E-state index contributed by atoms with van der Waals surface area (Å²) in [6.07, 6.45) is 0. The molecule has 106 valence electrons. The molecule has 0 aliphatic carbocycles. The Kier molecular flexibility index (Phi) is 4.49. The van der Waals surface area contributed by atoms with Crippen molar-refractivity contribution in [3.05, 3.63) is 41.7 Å². The number of ether oxygens (including phenoxy) is 1. The Morgan fingerprint density at radius 2 is 1.95 bits per heavy atom. The molecule has 0 spiro atoms. The second-order valence-corrected chi connectivity index (χ2v) is 4.65. The van der Waals surface area contributed by atoms with E-state index in [0.29, 0.717) is 23.3 Å². The van der Waals surface area contributed by atoms with Gasteiger partial charge in [-0.2, -0.15) is 4.98 Å². The molecule has 0 saturated heterocycles. The van der Waals surface area contributed by atoms with Crippen molar-refractivity contribution >= 4 is 5.82 Å². The molecule has 0 amide bonds. The van der Waals surface area contributed by atoms with Gasteiger partial charge in [0.15, 0.2) is 0 Å².